The van der Waals surface area contributed by atoms with E-state index in [4.69, 9.17) is 0 Å². The third kappa shape index (κ3) is 3.15. The van der Waals surface area contributed by atoms with Crippen LogP contribution in [0.15, 0.2) is 22.7 Å². The topological polar surface area (TPSA) is 23.6 Å². The van der Waals surface area contributed by atoms with Crippen molar-refractivity contribution in [1.82, 2.24) is 9.80 Å². The predicted octanol–water partition coefficient (Wildman–Crippen LogP) is 2.75. The van der Waals surface area contributed by atoms with Gasteiger partial charge in [0.05, 0.1) is 5.56 Å². The zero-order valence-corrected chi connectivity index (χ0v) is 12.8. The van der Waals surface area contributed by atoms with Crippen LogP contribution in [0.4, 0.5) is 4.39 Å². The van der Waals surface area contributed by atoms with Crippen LogP contribution < -0.4 is 0 Å². The predicted molar refractivity (Wildman–Crippen MR) is 76.7 cm³/mol. The van der Waals surface area contributed by atoms with Gasteiger partial charge >= 0.3 is 0 Å². The highest BCUT2D eigenvalue weighted by molar-refractivity contribution is 9.10. The Kier molecular flexibility index (Phi) is 4.58. The number of halogens is 2. The van der Waals surface area contributed by atoms with E-state index in [0.29, 0.717) is 4.47 Å². The summed E-state index contributed by atoms with van der Waals surface area (Å²) in [6.45, 7) is 1.90. The van der Waals surface area contributed by atoms with Gasteiger partial charge in [-0.15, -0.1) is 0 Å². The van der Waals surface area contributed by atoms with E-state index >= 15 is 0 Å². The van der Waals surface area contributed by atoms with Gasteiger partial charge in [-0.25, -0.2) is 4.39 Å². The Morgan fingerprint density at radius 3 is 2.89 bits per heavy atom. The van der Waals surface area contributed by atoms with Gasteiger partial charge < -0.3 is 9.80 Å². The Balaban J connectivity index is 2.19. The van der Waals surface area contributed by atoms with Crippen molar-refractivity contribution < 1.29 is 9.18 Å². The first-order chi connectivity index (χ1) is 9.00. The number of amides is 1. The van der Waals surface area contributed by atoms with Gasteiger partial charge in [0.15, 0.2) is 0 Å². The number of piperidine rings is 1. The Bertz CT molecular complexity index is 460. The van der Waals surface area contributed by atoms with Gasteiger partial charge in [-0.1, -0.05) is 6.07 Å². The van der Waals surface area contributed by atoms with Crippen molar-refractivity contribution >= 4 is 21.8 Å². The lowest BCUT2D eigenvalue weighted by atomic mass is 10.0. The number of nitrogens with zero attached hydrogens (tertiary/aromatic N) is 2. The van der Waals surface area contributed by atoms with Crippen LogP contribution in [0, 0.1) is 5.82 Å². The van der Waals surface area contributed by atoms with Crippen molar-refractivity contribution in [3.05, 3.63) is 34.1 Å². The van der Waals surface area contributed by atoms with E-state index in [9.17, 15) is 9.18 Å². The van der Waals surface area contributed by atoms with Crippen molar-refractivity contribution in [2.24, 2.45) is 0 Å². The fourth-order valence-corrected chi connectivity index (χ4v) is 3.01. The molecule has 0 spiro atoms. The lowest BCUT2D eigenvalue weighted by molar-refractivity contribution is 0.0638. The molecule has 1 fully saturated rings. The summed E-state index contributed by atoms with van der Waals surface area (Å²) in [5.74, 6) is -0.735. The molecular formula is C14H18BrFN2O. The van der Waals surface area contributed by atoms with E-state index in [0.717, 1.165) is 25.9 Å². The summed E-state index contributed by atoms with van der Waals surface area (Å²) in [4.78, 5) is 16.3. The summed E-state index contributed by atoms with van der Waals surface area (Å²) in [7, 11) is 3.80. The number of likely N-dealkylation sites (tertiary alicyclic amines) is 1. The van der Waals surface area contributed by atoms with Crippen LogP contribution in [0.1, 0.15) is 23.2 Å². The van der Waals surface area contributed by atoms with Gasteiger partial charge in [-0.3, -0.25) is 4.79 Å². The van der Waals surface area contributed by atoms with Gasteiger partial charge in [0.25, 0.3) is 5.91 Å². The summed E-state index contributed by atoms with van der Waals surface area (Å²) in [5, 5.41) is 0. The monoisotopic (exact) mass is 328 g/mol. The molecule has 1 heterocycles. The summed E-state index contributed by atoms with van der Waals surface area (Å²) in [6.07, 6.45) is 2.04. The molecule has 0 aromatic heterocycles. The number of carbonyl (C=O) groups is 1. The number of benzene rings is 1. The molecule has 1 unspecified atom stereocenters. The molecule has 2 rings (SSSR count). The second-order valence-electron chi connectivity index (χ2n) is 5.07. The third-order valence-electron chi connectivity index (χ3n) is 3.64. The fraction of sp³-hybridized carbons (Fsp3) is 0.500. The Morgan fingerprint density at radius 1 is 1.53 bits per heavy atom. The van der Waals surface area contributed by atoms with Gasteiger partial charge in [0, 0.05) is 24.1 Å². The number of likely N-dealkylation sites (N-methyl/N-ethyl adjacent to an activating group) is 2. The van der Waals surface area contributed by atoms with Crippen LogP contribution >= 0.6 is 15.9 Å². The molecule has 0 radical (unpaired) electrons. The molecule has 1 aromatic carbocycles. The van der Waals surface area contributed by atoms with Crippen molar-refractivity contribution in [2.45, 2.75) is 18.9 Å². The molecule has 1 amide bonds. The molecule has 3 nitrogen and oxygen atoms in total. The maximum atomic E-state index is 13.8. The highest BCUT2D eigenvalue weighted by Gasteiger charge is 2.27. The van der Waals surface area contributed by atoms with Crippen LogP contribution in [0.2, 0.25) is 0 Å². The van der Waals surface area contributed by atoms with Crippen LogP contribution in [-0.4, -0.2) is 48.9 Å². The lowest BCUT2D eigenvalue weighted by Crippen LogP contribution is -2.47. The third-order valence-corrected chi connectivity index (χ3v) is 4.31. The standard InChI is InChI=1S/C14H18BrFN2O/c1-17-8-4-5-10(9-17)18(2)14(19)13-11(15)6-3-7-12(13)16/h3,6-7,10H,4-5,8-9H2,1-2H3. The van der Waals surface area contributed by atoms with Gasteiger partial charge in [-0.05, 0) is 54.5 Å². The average molecular weight is 329 g/mol. The van der Waals surface area contributed by atoms with E-state index in [1.54, 1.807) is 24.1 Å². The first-order valence-corrected chi connectivity index (χ1v) is 7.19. The molecule has 1 saturated heterocycles. The zero-order chi connectivity index (χ0) is 14.0. The van der Waals surface area contributed by atoms with Crippen LogP contribution in [0.25, 0.3) is 0 Å². The van der Waals surface area contributed by atoms with E-state index < -0.39 is 5.82 Å². The molecular weight excluding hydrogens is 311 g/mol. The zero-order valence-electron chi connectivity index (χ0n) is 11.2. The Morgan fingerprint density at radius 2 is 2.26 bits per heavy atom. The second kappa shape index (κ2) is 6.01. The summed E-state index contributed by atoms with van der Waals surface area (Å²) >= 11 is 3.25. The molecule has 19 heavy (non-hydrogen) atoms. The molecule has 5 heteroatoms. The number of rotatable bonds is 2. The summed E-state index contributed by atoms with van der Waals surface area (Å²) in [6, 6.07) is 4.75. The van der Waals surface area contributed by atoms with Gasteiger partial charge in [0.2, 0.25) is 0 Å². The minimum absolute atomic E-state index is 0.123. The molecule has 1 aromatic rings. The molecule has 1 aliphatic heterocycles. The largest absolute Gasteiger partial charge is 0.337 e. The number of hydrogen-bond acceptors (Lipinski definition) is 2. The fourth-order valence-electron chi connectivity index (χ4n) is 2.50. The first kappa shape index (κ1) is 14.5. The molecule has 0 aliphatic carbocycles. The van der Waals surface area contributed by atoms with E-state index in [1.165, 1.54) is 6.07 Å². The van der Waals surface area contributed by atoms with E-state index in [-0.39, 0.29) is 17.5 Å². The summed E-state index contributed by atoms with van der Waals surface area (Å²) < 4.78 is 14.3. The Hall–Kier alpha value is -0.940. The Labute approximate surface area is 121 Å². The summed E-state index contributed by atoms with van der Waals surface area (Å²) in [5.41, 5.74) is 0.123. The average Bonchev–Trinajstić information content (AvgIpc) is 2.37. The number of hydrogen-bond donors (Lipinski definition) is 0. The molecule has 0 N–H and O–H groups in total. The van der Waals surface area contributed by atoms with Gasteiger partial charge in [0.1, 0.15) is 5.82 Å². The molecule has 1 aliphatic rings. The molecule has 104 valence electrons. The molecule has 0 saturated carbocycles. The minimum Gasteiger partial charge on any atom is -0.337 e. The minimum atomic E-state index is -0.476. The van der Waals surface area contributed by atoms with E-state index in [2.05, 4.69) is 20.8 Å². The SMILES string of the molecule is CN1CCCC(N(C)C(=O)c2c(F)cccc2Br)C1. The van der Waals surface area contributed by atoms with Crippen molar-refractivity contribution in [3.63, 3.8) is 0 Å². The number of carbonyl (C=O) groups excluding carboxylic acids is 1. The smallest absolute Gasteiger partial charge is 0.258 e. The van der Waals surface area contributed by atoms with Gasteiger partial charge in [-0.2, -0.15) is 0 Å². The quantitative estimate of drug-likeness (QED) is 0.833. The highest BCUT2D eigenvalue weighted by Crippen LogP contribution is 2.23. The molecule has 1 atom stereocenters. The highest BCUT2D eigenvalue weighted by atomic mass is 79.9. The van der Waals surface area contributed by atoms with Crippen molar-refractivity contribution in [3.8, 4) is 0 Å². The second-order valence-corrected chi connectivity index (χ2v) is 5.93. The lowest BCUT2D eigenvalue weighted by Gasteiger charge is -2.36. The first-order valence-electron chi connectivity index (χ1n) is 6.40. The van der Waals surface area contributed by atoms with Crippen molar-refractivity contribution in [2.75, 3.05) is 27.2 Å². The van der Waals surface area contributed by atoms with Crippen molar-refractivity contribution in [1.29, 1.82) is 0 Å². The maximum absolute atomic E-state index is 13.8. The molecule has 0 bridgehead atoms. The normalized spacial score (nSPS) is 20.3. The maximum Gasteiger partial charge on any atom is 0.258 e. The van der Waals surface area contributed by atoms with Crippen LogP contribution in [0.3, 0.4) is 0 Å². The van der Waals surface area contributed by atoms with E-state index in [1.807, 2.05) is 7.05 Å². The van der Waals surface area contributed by atoms with Crippen LogP contribution in [-0.2, 0) is 0 Å². The van der Waals surface area contributed by atoms with Crippen LogP contribution in [0.5, 0.6) is 0 Å².